The number of nitrogens with one attached hydrogen (secondary N) is 3. The van der Waals surface area contributed by atoms with Crippen molar-refractivity contribution < 1.29 is 36.8 Å². The highest BCUT2D eigenvalue weighted by Gasteiger charge is 2.17. The lowest BCUT2D eigenvalue weighted by Gasteiger charge is -2.10. The summed E-state index contributed by atoms with van der Waals surface area (Å²) in [5.41, 5.74) is 6.57. The lowest BCUT2D eigenvalue weighted by atomic mass is 10.0. The SMILES string of the molecule is CCCCCCOC(=O)NN=Cc1ccc(NCc2nc3cc(C(=O)c4cccnc4NCCC(=O)OCC)ccc3n2C)cc1.CS(=O)(=O)O. The molecule has 51 heavy (non-hydrogen) atoms. The number of hydrogen-bond acceptors (Lipinski definition) is 12. The number of carbonyl (C=O) groups excluding carboxylic acids is 3. The summed E-state index contributed by atoms with van der Waals surface area (Å²) in [7, 11) is -1.73. The first kappa shape index (κ1) is 40.1. The van der Waals surface area contributed by atoms with Gasteiger partial charge in [-0.1, -0.05) is 38.3 Å². The number of benzene rings is 2. The number of hydrogen-bond donors (Lipinski definition) is 4. The Bertz CT molecular complexity index is 1890. The maximum Gasteiger partial charge on any atom is 0.427 e. The molecular formula is C35H45N7O8S. The van der Waals surface area contributed by atoms with Crippen LogP contribution in [-0.2, 0) is 38.0 Å². The van der Waals surface area contributed by atoms with Crippen LogP contribution in [0.2, 0.25) is 0 Å². The van der Waals surface area contributed by atoms with E-state index in [-0.39, 0.29) is 18.2 Å². The highest BCUT2D eigenvalue weighted by atomic mass is 32.2. The van der Waals surface area contributed by atoms with Gasteiger partial charge in [0.15, 0.2) is 5.78 Å². The largest absolute Gasteiger partial charge is 0.466 e. The van der Waals surface area contributed by atoms with Crippen LogP contribution in [0.15, 0.2) is 65.9 Å². The topological polar surface area (TPSA) is 203 Å². The van der Waals surface area contributed by atoms with Crippen molar-refractivity contribution in [3.8, 4) is 0 Å². The molecule has 15 nitrogen and oxygen atoms in total. The van der Waals surface area contributed by atoms with E-state index < -0.39 is 16.2 Å². The van der Waals surface area contributed by atoms with Gasteiger partial charge in [0.05, 0.1) is 55.2 Å². The summed E-state index contributed by atoms with van der Waals surface area (Å²) in [4.78, 5) is 46.0. The number of imidazole rings is 1. The third kappa shape index (κ3) is 14.2. The molecule has 2 aromatic heterocycles. The molecule has 0 aliphatic carbocycles. The zero-order valence-corrected chi connectivity index (χ0v) is 30.0. The Morgan fingerprint density at radius 3 is 2.45 bits per heavy atom. The zero-order valence-electron chi connectivity index (χ0n) is 29.2. The van der Waals surface area contributed by atoms with E-state index in [1.165, 1.54) is 0 Å². The second-order valence-corrected chi connectivity index (χ2v) is 12.7. The van der Waals surface area contributed by atoms with Crippen molar-refractivity contribution in [3.63, 3.8) is 0 Å². The van der Waals surface area contributed by atoms with E-state index in [1.54, 1.807) is 43.6 Å². The van der Waals surface area contributed by atoms with E-state index in [0.29, 0.717) is 55.0 Å². The fraction of sp³-hybridized carbons (Fsp3) is 0.371. The van der Waals surface area contributed by atoms with Crippen LogP contribution < -0.4 is 16.1 Å². The number of amides is 1. The molecule has 2 heterocycles. The van der Waals surface area contributed by atoms with Crippen LogP contribution in [-0.4, -0.2) is 77.6 Å². The molecule has 1 amide bonds. The fourth-order valence-electron chi connectivity index (χ4n) is 4.70. The number of fused-ring (bicyclic) bond motifs is 1. The third-order valence-electron chi connectivity index (χ3n) is 7.18. The lowest BCUT2D eigenvalue weighted by molar-refractivity contribution is -0.142. The summed E-state index contributed by atoms with van der Waals surface area (Å²) < 4.78 is 37.9. The predicted octanol–water partition coefficient (Wildman–Crippen LogP) is 5.32. The number of unbranched alkanes of at least 4 members (excludes halogenated alkanes) is 3. The van der Waals surface area contributed by atoms with Gasteiger partial charge in [-0.15, -0.1) is 0 Å². The summed E-state index contributed by atoms with van der Waals surface area (Å²) in [6, 6.07) is 16.5. The van der Waals surface area contributed by atoms with Crippen molar-refractivity contribution in [1.82, 2.24) is 20.0 Å². The minimum absolute atomic E-state index is 0.169. The van der Waals surface area contributed by atoms with Gasteiger partial charge in [0.1, 0.15) is 11.6 Å². The lowest BCUT2D eigenvalue weighted by Crippen LogP contribution is -2.19. The predicted molar refractivity (Wildman–Crippen MR) is 196 cm³/mol. The number of aromatic nitrogens is 3. The van der Waals surface area contributed by atoms with Crippen LogP contribution in [0.5, 0.6) is 0 Å². The van der Waals surface area contributed by atoms with E-state index in [9.17, 15) is 22.8 Å². The average molecular weight is 724 g/mol. The van der Waals surface area contributed by atoms with Crippen LogP contribution in [0.4, 0.5) is 16.3 Å². The highest BCUT2D eigenvalue weighted by Crippen LogP contribution is 2.22. The Balaban J connectivity index is 0.00000131. The highest BCUT2D eigenvalue weighted by molar-refractivity contribution is 7.85. The number of ketones is 1. The average Bonchev–Trinajstić information content (AvgIpc) is 3.41. The fourth-order valence-corrected chi connectivity index (χ4v) is 4.70. The number of pyridine rings is 1. The normalized spacial score (nSPS) is 11.1. The van der Waals surface area contributed by atoms with Crippen LogP contribution in [0.25, 0.3) is 11.0 Å². The van der Waals surface area contributed by atoms with Gasteiger partial charge in [0.25, 0.3) is 10.1 Å². The molecule has 0 saturated carbocycles. The summed E-state index contributed by atoms with van der Waals surface area (Å²) in [5, 5.41) is 10.4. The van der Waals surface area contributed by atoms with Crippen LogP contribution in [0.3, 0.4) is 0 Å². The monoisotopic (exact) mass is 723 g/mol. The first-order valence-corrected chi connectivity index (χ1v) is 18.3. The number of nitrogens with zero attached hydrogens (tertiary/aromatic N) is 4. The first-order chi connectivity index (χ1) is 24.4. The van der Waals surface area contributed by atoms with Crippen molar-refractivity contribution in [2.24, 2.45) is 12.1 Å². The van der Waals surface area contributed by atoms with E-state index in [0.717, 1.165) is 48.3 Å². The standard InChI is InChI=1S/C34H41N7O5.CH4O3S/c1-4-6-7-8-20-46-34(44)40-38-22-24-11-14-26(15-12-24)37-23-30-39-28-21-25(13-16-29(28)41(30)3)32(43)27-10-9-18-35-33(27)36-19-17-31(42)45-5-2;1-5(2,3)4/h9-16,18,21-22,37H,4-8,17,19-20,23H2,1-3H3,(H,35,36)(H,40,44);1H3,(H,2,3,4). The zero-order chi connectivity index (χ0) is 37.2. The summed E-state index contributed by atoms with van der Waals surface area (Å²) in [5.74, 6) is 0.696. The Labute approximate surface area is 297 Å². The van der Waals surface area contributed by atoms with Gasteiger partial charge >= 0.3 is 12.1 Å². The maximum atomic E-state index is 13.5. The van der Waals surface area contributed by atoms with Crippen LogP contribution in [0, 0.1) is 0 Å². The molecule has 0 bridgehead atoms. The molecule has 4 aromatic rings. The molecule has 0 fully saturated rings. The summed E-state index contributed by atoms with van der Waals surface area (Å²) in [6.45, 7) is 5.36. The van der Waals surface area contributed by atoms with Gasteiger partial charge in [-0.25, -0.2) is 20.2 Å². The van der Waals surface area contributed by atoms with Crippen LogP contribution >= 0.6 is 0 Å². The number of ether oxygens (including phenoxy) is 2. The van der Waals surface area contributed by atoms with Gasteiger partial charge in [0.2, 0.25) is 0 Å². The maximum absolute atomic E-state index is 13.5. The quantitative estimate of drug-likeness (QED) is 0.0273. The van der Waals surface area contributed by atoms with Crippen molar-refractivity contribution in [2.45, 2.75) is 52.5 Å². The van der Waals surface area contributed by atoms with E-state index in [4.69, 9.17) is 19.0 Å². The Morgan fingerprint density at radius 1 is 1.00 bits per heavy atom. The second kappa shape index (κ2) is 20.4. The molecule has 4 N–H and O–H groups in total. The van der Waals surface area contributed by atoms with Gasteiger partial charge in [0, 0.05) is 31.0 Å². The van der Waals surface area contributed by atoms with Crippen LogP contribution in [0.1, 0.15) is 73.3 Å². The number of aryl methyl sites for hydroxylation is 1. The van der Waals surface area contributed by atoms with E-state index >= 15 is 0 Å². The first-order valence-electron chi connectivity index (χ1n) is 16.5. The van der Waals surface area contributed by atoms with E-state index in [2.05, 4.69) is 33.1 Å². The van der Waals surface area contributed by atoms with Crippen molar-refractivity contribution in [2.75, 3.05) is 36.6 Å². The van der Waals surface area contributed by atoms with E-state index in [1.807, 2.05) is 41.9 Å². The molecule has 0 aliphatic rings. The Hall–Kier alpha value is -5.35. The number of rotatable bonds is 17. The Kier molecular flexibility index (Phi) is 16.0. The molecule has 0 radical (unpaired) electrons. The second-order valence-electron chi connectivity index (χ2n) is 11.3. The minimum atomic E-state index is -3.67. The molecule has 0 aliphatic heterocycles. The van der Waals surface area contributed by atoms with Gasteiger partial charge in [-0.3, -0.25) is 14.1 Å². The van der Waals surface area contributed by atoms with Gasteiger partial charge in [-0.2, -0.15) is 13.5 Å². The van der Waals surface area contributed by atoms with Crippen molar-refractivity contribution >= 4 is 56.7 Å². The summed E-state index contributed by atoms with van der Waals surface area (Å²) in [6.07, 6.45) is 7.62. The molecule has 16 heteroatoms. The molecule has 0 atom stereocenters. The third-order valence-corrected chi connectivity index (χ3v) is 7.18. The van der Waals surface area contributed by atoms with Crippen molar-refractivity contribution in [1.29, 1.82) is 0 Å². The minimum Gasteiger partial charge on any atom is -0.466 e. The number of hydrazone groups is 1. The molecule has 0 spiro atoms. The van der Waals surface area contributed by atoms with Gasteiger partial charge in [-0.05, 0) is 61.4 Å². The molecule has 274 valence electrons. The molecule has 2 aromatic carbocycles. The Morgan fingerprint density at radius 2 is 1.75 bits per heavy atom. The molecule has 0 unspecified atom stereocenters. The molecule has 4 rings (SSSR count). The smallest absolute Gasteiger partial charge is 0.427 e. The number of carbonyl (C=O) groups is 3. The molecular weight excluding hydrogens is 678 g/mol. The number of esters is 1. The van der Waals surface area contributed by atoms with Gasteiger partial charge < -0.3 is 24.7 Å². The summed E-state index contributed by atoms with van der Waals surface area (Å²) >= 11 is 0. The molecule has 0 saturated heterocycles. The van der Waals surface area contributed by atoms with Crippen molar-refractivity contribution in [3.05, 3.63) is 83.3 Å². The number of anilines is 2.